The maximum Gasteiger partial charge on any atom is 0.123 e. The molecule has 0 saturated heterocycles. The van der Waals surface area contributed by atoms with E-state index in [0.29, 0.717) is 13.1 Å². The van der Waals surface area contributed by atoms with Crippen molar-refractivity contribution in [3.63, 3.8) is 0 Å². The summed E-state index contributed by atoms with van der Waals surface area (Å²) in [4.78, 5) is 2.04. The Kier molecular flexibility index (Phi) is 6.37. The summed E-state index contributed by atoms with van der Waals surface area (Å²) in [6.45, 7) is 1.09. The van der Waals surface area contributed by atoms with Crippen LogP contribution in [0.5, 0.6) is 0 Å². The van der Waals surface area contributed by atoms with Gasteiger partial charge in [-0.3, -0.25) is 0 Å². The highest BCUT2D eigenvalue weighted by Gasteiger charge is 2.25. The maximum atomic E-state index is 13.6. The van der Waals surface area contributed by atoms with Gasteiger partial charge in [-0.1, -0.05) is 42.5 Å². The fraction of sp³-hybridized carbons (Fsp3) is 0.333. The lowest BCUT2D eigenvalue weighted by Crippen LogP contribution is -2.38. The fourth-order valence-corrected chi connectivity index (χ4v) is 2.61. The van der Waals surface area contributed by atoms with E-state index in [0.717, 1.165) is 12.0 Å². The molecule has 1 aliphatic heterocycles. The number of benzene rings is 1. The third kappa shape index (κ3) is 4.55. The average molecular weight is 302 g/mol. The van der Waals surface area contributed by atoms with Gasteiger partial charge in [0.15, 0.2) is 0 Å². The summed E-state index contributed by atoms with van der Waals surface area (Å²) in [6, 6.07) is 6.15. The van der Waals surface area contributed by atoms with Crippen molar-refractivity contribution < 1.29 is 9.50 Å². The lowest BCUT2D eigenvalue weighted by atomic mass is 9.99. The molecule has 0 aliphatic carbocycles. The average Bonchev–Trinajstić information content (AvgIpc) is 2.62. The van der Waals surface area contributed by atoms with Crippen LogP contribution in [0.15, 0.2) is 60.8 Å². The van der Waals surface area contributed by atoms with E-state index in [1.807, 2.05) is 41.5 Å². The van der Waals surface area contributed by atoms with Crippen LogP contribution < -0.4 is 5.32 Å². The summed E-state index contributed by atoms with van der Waals surface area (Å²) in [7, 11) is 1.80. The van der Waals surface area contributed by atoms with Gasteiger partial charge in [-0.05, 0) is 37.4 Å². The van der Waals surface area contributed by atoms with Gasteiger partial charge in [-0.2, -0.15) is 0 Å². The summed E-state index contributed by atoms with van der Waals surface area (Å²) >= 11 is 0. The first-order chi connectivity index (χ1) is 10.7. The van der Waals surface area contributed by atoms with Crippen molar-refractivity contribution in [3.05, 3.63) is 72.2 Å². The Morgan fingerprint density at radius 1 is 1.27 bits per heavy atom. The van der Waals surface area contributed by atoms with Gasteiger partial charge in [0, 0.05) is 13.1 Å². The normalized spacial score (nSPS) is 22.0. The predicted molar refractivity (Wildman–Crippen MR) is 87.8 cm³/mol. The van der Waals surface area contributed by atoms with E-state index in [1.54, 1.807) is 13.1 Å². The largest absolute Gasteiger partial charge is 0.389 e. The highest BCUT2D eigenvalue weighted by atomic mass is 19.1. The minimum Gasteiger partial charge on any atom is -0.389 e. The lowest BCUT2D eigenvalue weighted by molar-refractivity contribution is 0.0794. The zero-order chi connectivity index (χ0) is 15.8. The van der Waals surface area contributed by atoms with Crippen molar-refractivity contribution >= 4 is 0 Å². The Balaban J connectivity index is 2.32. The van der Waals surface area contributed by atoms with Gasteiger partial charge in [0.25, 0.3) is 0 Å². The minimum absolute atomic E-state index is 0.287. The Morgan fingerprint density at radius 2 is 2.09 bits per heavy atom. The number of allylic oxidation sites excluding steroid dienone is 4. The van der Waals surface area contributed by atoms with Gasteiger partial charge in [0.2, 0.25) is 0 Å². The molecule has 2 rings (SSSR count). The Morgan fingerprint density at radius 3 is 2.86 bits per heavy atom. The number of nitrogens with one attached hydrogen (secondary N) is 1. The molecule has 1 aromatic rings. The monoisotopic (exact) mass is 302 g/mol. The quantitative estimate of drug-likeness (QED) is 0.878. The highest BCUT2D eigenvalue weighted by Crippen LogP contribution is 2.26. The molecule has 118 valence electrons. The molecule has 1 aromatic carbocycles. The van der Waals surface area contributed by atoms with Crippen LogP contribution in [0.2, 0.25) is 0 Å². The van der Waals surface area contributed by atoms with E-state index in [-0.39, 0.29) is 11.9 Å². The van der Waals surface area contributed by atoms with Gasteiger partial charge in [-0.25, -0.2) is 4.39 Å². The summed E-state index contributed by atoms with van der Waals surface area (Å²) in [5.41, 5.74) is 0.771. The standard InChI is InChI=1S/C18H23FN2O/c1-20-14-17(22)18(15-9-8-10-16(19)13-15)21-11-6-4-2-3-5-7-12-21/h2-4,6-10,12-13,17-18,20,22H,5,11,14H2,1H3/b3-2-,6-4-,12-7-/t17-,18+/m1/s1. The molecule has 0 fully saturated rings. The van der Waals surface area contributed by atoms with E-state index in [4.69, 9.17) is 0 Å². The molecule has 0 saturated carbocycles. The van der Waals surface area contributed by atoms with Crippen LogP contribution in [-0.2, 0) is 0 Å². The van der Waals surface area contributed by atoms with Gasteiger partial charge >= 0.3 is 0 Å². The van der Waals surface area contributed by atoms with E-state index in [1.165, 1.54) is 12.1 Å². The molecule has 4 heteroatoms. The summed E-state index contributed by atoms with van der Waals surface area (Å²) in [6.07, 6.45) is 12.3. The number of hydrogen-bond donors (Lipinski definition) is 2. The number of nitrogens with zero attached hydrogens (tertiary/aromatic N) is 1. The number of likely N-dealkylation sites (N-methyl/N-ethyl adjacent to an activating group) is 1. The van der Waals surface area contributed by atoms with Crippen LogP contribution in [0.1, 0.15) is 18.0 Å². The SMILES string of the molecule is CNC[C@@H](O)[C@H](c1cccc(F)c1)N1/C=C\C/C=C\C=C/C1. The summed E-state index contributed by atoms with van der Waals surface area (Å²) < 4.78 is 13.6. The third-order valence-electron chi connectivity index (χ3n) is 3.59. The number of hydrogen-bond acceptors (Lipinski definition) is 3. The smallest absolute Gasteiger partial charge is 0.123 e. The molecule has 22 heavy (non-hydrogen) atoms. The van der Waals surface area contributed by atoms with E-state index >= 15 is 0 Å². The van der Waals surface area contributed by atoms with Gasteiger partial charge < -0.3 is 15.3 Å². The van der Waals surface area contributed by atoms with E-state index < -0.39 is 6.10 Å². The predicted octanol–water partition coefficient (Wildman–Crippen LogP) is 2.78. The highest BCUT2D eigenvalue weighted by molar-refractivity contribution is 5.23. The Labute approximate surface area is 131 Å². The molecule has 2 atom stereocenters. The van der Waals surface area contributed by atoms with Gasteiger partial charge in [0.1, 0.15) is 5.82 Å². The molecular weight excluding hydrogens is 279 g/mol. The fourth-order valence-electron chi connectivity index (χ4n) is 2.61. The van der Waals surface area contributed by atoms with Crippen LogP contribution >= 0.6 is 0 Å². The second kappa shape index (κ2) is 8.51. The number of aliphatic hydroxyl groups excluding tert-OH is 1. The van der Waals surface area contributed by atoms with Gasteiger partial charge in [-0.15, -0.1) is 0 Å². The molecular formula is C18H23FN2O. The van der Waals surface area contributed by atoms with Crippen LogP contribution in [0.4, 0.5) is 4.39 Å². The zero-order valence-corrected chi connectivity index (χ0v) is 12.8. The van der Waals surface area contributed by atoms with Crippen LogP contribution in [0.3, 0.4) is 0 Å². The van der Waals surface area contributed by atoms with Gasteiger partial charge in [0.05, 0.1) is 12.1 Å². The van der Waals surface area contributed by atoms with Crippen molar-refractivity contribution in [2.45, 2.75) is 18.6 Å². The van der Waals surface area contributed by atoms with E-state index in [9.17, 15) is 9.50 Å². The molecule has 1 aliphatic rings. The van der Waals surface area contributed by atoms with Crippen molar-refractivity contribution in [1.82, 2.24) is 10.2 Å². The number of rotatable bonds is 5. The summed E-state index contributed by atoms with van der Waals surface area (Å²) in [5, 5.41) is 13.5. The number of halogens is 1. The van der Waals surface area contributed by atoms with Crippen LogP contribution in [0, 0.1) is 5.82 Å². The maximum absolute atomic E-state index is 13.6. The summed E-state index contributed by atoms with van der Waals surface area (Å²) in [5.74, 6) is -0.287. The van der Waals surface area contributed by atoms with Crippen LogP contribution in [0.25, 0.3) is 0 Å². The molecule has 0 amide bonds. The van der Waals surface area contributed by atoms with Crippen molar-refractivity contribution in [2.75, 3.05) is 20.1 Å². The second-order valence-corrected chi connectivity index (χ2v) is 5.30. The molecule has 0 bridgehead atoms. The zero-order valence-electron chi connectivity index (χ0n) is 12.8. The molecule has 1 heterocycles. The second-order valence-electron chi connectivity index (χ2n) is 5.30. The molecule has 0 aromatic heterocycles. The molecule has 3 nitrogen and oxygen atoms in total. The first-order valence-corrected chi connectivity index (χ1v) is 7.54. The van der Waals surface area contributed by atoms with Crippen LogP contribution in [-0.4, -0.2) is 36.2 Å². The number of aliphatic hydroxyl groups is 1. The molecule has 2 N–H and O–H groups in total. The first kappa shape index (κ1) is 16.5. The van der Waals surface area contributed by atoms with E-state index in [2.05, 4.69) is 11.4 Å². The molecule has 0 unspecified atom stereocenters. The molecule has 0 spiro atoms. The van der Waals surface area contributed by atoms with Crippen molar-refractivity contribution in [3.8, 4) is 0 Å². The molecule has 0 radical (unpaired) electrons. The van der Waals surface area contributed by atoms with Crippen molar-refractivity contribution in [1.29, 1.82) is 0 Å². The Bertz CT molecular complexity index is 554. The van der Waals surface area contributed by atoms with Crippen molar-refractivity contribution in [2.24, 2.45) is 0 Å². The lowest BCUT2D eigenvalue weighted by Gasteiger charge is -2.34. The minimum atomic E-state index is -0.640. The first-order valence-electron chi connectivity index (χ1n) is 7.54. The Hall–Kier alpha value is -1.91. The topological polar surface area (TPSA) is 35.5 Å². The third-order valence-corrected chi connectivity index (χ3v) is 3.59.